The fraction of sp³-hybridized carbons (Fsp3) is 0.471. The molecule has 0 fully saturated rings. The molecule has 0 amide bonds. The lowest BCUT2D eigenvalue weighted by atomic mass is 9.88. The fourth-order valence-electron chi connectivity index (χ4n) is 2.12. The number of hydrogen-bond donors (Lipinski definition) is 1. The molecule has 0 bridgehead atoms. The average molecular weight is 312 g/mol. The van der Waals surface area contributed by atoms with Gasteiger partial charge in [-0.2, -0.15) is 0 Å². The van der Waals surface area contributed by atoms with Crippen molar-refractivity contribution < 1.29 is 9.50 Å². The fourth-order valence-corrected chi connectivity index (χ4v) is 2.62. The highest BCUT2D eigenvalue weighted by Crippen LogP contribution is 2.30. The molecule has 2 nitrogen and oxygen atoms in total. The maximum atomic E-state index is 13.1. The van der Waals surface area contributed by atoms with Crippen molar-refractivity contribution in [1.29, 1.82) is 0 Å². The van der Waals surface area contributed by atoms with E-state index in [1.807, 2.05) is 0 Å². The van der Waals surface area contributed by atoms with Gasteiger partial charge < -0.3 is 5.11 Å². The molecule has 0 atom stereocenters. The predicted molar refractivity (Wildman–Crippen MR) is 87.5 cm³/mol. The Labute approximate surface area is 131 Å². The lowest BCUT2D eigenvalue weighted by Gasteiger charge is -2.25. The molecule has 1 rings (SSSR count). The van der Waals surface area contributed by atoms with Gasteiger partial charge in [0.2, 0.25) is 0 Å². The molecule has 1 aromatic rings. The molecule has 0 aliphatic carbocycles. The van der Waals surface area contributed by atoms with E-state index in [9.17, 15) is 9.50 Å². The molecule has 116 valence electrons. The number of hydrogen-bond acceptors (Lipinski definition) is 2. The van der Waals surface area contributed by atoms with Gasteiger partial charge in [-0.15, -0.1) is 0 Å². The van der Waals surface area contributed by atoms with Crippen molar-refractivity contribution in [2.75, 3.05) is 7.05 Å². The standard InChI is InChI=1S/C17H23ClFNO/c1-11(2)10-14(17(3,4)21)15(18)16(20-5)12-6-8-13(19)9-7-12/h6-9,11,21H,10H2,1-5H3/b15-14-,20-16-. The summed E-state index contributed by atoms with van der Waals surface area (Å²) in [5, 5.41) is 10.8. The quantitative estimate of drug-likeness (QED) is 0.795. The van der Waals surface area contributed by atoms with E-state index < -0.39 is 5.60 Å². The number of nitrogens with zero attached hydrogens (tertiary/aromatic N) is 1. The number of halogens is 2. The van der Waals surface area contributed by atoms with Gasteiger partial charge in [0.05, 0.1) is 16.3 Å². The van der Waals surface area contributed by atoms with Gasteiger partial charge in [-0.25, -0.2) is 4.39 Å². The zero-order chi connectivity index (χ0) is 16.2. The van der Waals surface area contributed by atoms with Crippen LogP contribution in [-0.2, 0) is 0 Å². The minimum Gasteiger partial charge on any atom is -0.386 e. The highest BCUT2D eigenvalue weighted by molar-refractivity contribution is 6.46. The van der Waals surface area contributed by atoms with Crippen molar-refractivity contribution in [3.05, 3.63) is 46.3 Å². The zero-order valence-corrected chi connectivity index (χ0v) is 14.0. The molecule has 0 aliphatic heterocycles. The van der Waals surface area contributed by atoms with Gasteiger partial charge in [-0.3, -0.25) is 4.99 Å². The second-order valence-electron chi connectivity index (χ2n) is 6.03. The first-order chi connectivity index (χ1) is 9.66. The van der Waals surface area contributed by atoms with E-state index in [0.717, 1.165) is 11.1 Å². The van der Waals surface area contributed by atoms with Crippen LogP contribution >= 0.6 is 11.6 Å². The summed E-state index contributed by atoms with van der Waals surface area (Å²) in [6.07, 6.45) is 0.669. The van der Waals surface area contributed by atoms with E-state index in [-0.39, 0.29) is 5.82 Å². The Balaban J connectivity index is 3.35. The number of aliphatic imine (C=N–C) groups is 1. The maximum absolute atomic E-state index is 13.1. The normalized spacial score (nSPS) is 14.4. The van der Waals surface area contributed by atoms with E-state index in [1.165, 1.54) is 12.1 Å². The van der Waals surface area contributed by atoms with Crippen LogP contribution in [0.2, 0.25) is 0 Å². The van der Waals surface area contributed by atoms with Crippen molar-refractivity contribution in [1.82, 2.24) is 0 Å². The lowest BCUT2D eigenvalue weighted by Crippen LogP contribution is -2.26. The Kier molecular flexibility index (Phi) is 6.11. The maximum Gasteiger partial charge on any atom is 0.123 e. The molecular weight excluding hydrogens is 289 g/mol. The van der Waals surface area contributed by atoms with Crippen molar-refractivity contribution in [2.24, 2.45) is 10.9 Å². The van der Waals surface area contributed by atoms with Crippen LogP contribution < -0.4 is 0 Å². The Morgan fingerprint density at radius 2 is 1.81 bits per heavy atom. The summed E-state index contributed by atoms with van der Waals surface area (Å²) in [7, 11) is 1.64. The van der Waals surface area contributed by atoms with Crippen LogP contribution in [0.15, 0.2) is 39.9 Å². The van der Waals surface area contributed by atoms with Gasteiger partial charge in [0, 0.05) is 12.6 Å². The molecule has 0 unspecified atom stereocenters. The molecule has 0 aromatic heterocycles. The first-order valence-corrected chi connectivity index (χ1v) is 7.39. The van der Waals surface area contributed by atoms with Gasteiger partial charge in [-0.05, 0) is 56.0 Å². The smallest absolute Gasteiger partial charge is 0.123 e. The van der Waals surface area contributed by atoms with Crippen molar-refractivity contribution in [3.63, 3.8) is 0 Å². The molecule has 0 saturated carbocycles. The highest BCUT2D eigenvalue weighted by Gasteiger charge is 2.26. The van der Waals surface area contributed by atoms with Crippen molar-refractivity contribution in [3.8, 4) is 0 Å². The molecule has 1 N–H and O–H groups in total. The summed E-state index contributed by atoms with van der Waals surface area (Å²) in [6, 6.07) is 6.02. The monoisotopic (exact) mass is 311 g/mol. The first-order valence-electron chi connectivity index (χ1n) is 7.01. The van der Waals surface area contributed by atoms with Crippen LogP contribution in [0.5, 0.6) is 0 Å². The Bertz CT molecular complexity index is 539. The van der Waals surface area contributed by atoms with Gasteiger partial charge in [0.15, 0.2) is 0 Å². The third-order valence-corrected chi connectivity index (χ3v) is 3.57. The van der Waals surface area contributed by atoms with Gasteiger partial charge in [-0.1, -0.05) is 25.4 Å². The molecule has 0 radical (unpaired) electrons. The topological polar surface area (TPSA) is 32.6 Å². The van der Waals surface area contributed by atoms with Gasteiger partial charge >= 0.3 is 0 Å². The molecule has 0 spiro atoms. The third-order valence-electron chi connectivity index (χ3n) is 3.17. The zero-order valence-electron chi connectivity index (χ0n) is 13.2. The third kappa shape index (κ3) is 4.94. The summed E-state index contributed by atoms with van der Waals surface area (Å²) in [6.45, 7) is 7.56. The minimum absolute atomic E-state index is 0.306. The summed E-state index contributed by atoms with van der Waals surface area (Å²) >= 11 is 6.51. The SMILES string of the molecule is C/N=C(\C(Cl)=C(/CC(C)C)C(C)(C)O)c1ccc(F)cc1. The Morgan fingerprint density at radius 1 is 1.29 bits per heavy atom. The molecule has 21 heavy (non-hydrogen) atoms. The highest BCUT2D eigenvalue weighted by atomic mass is 35.5. The van der Waals surface area contributed by atoms with E-state index in [4.69, 9.17) is 11.6 Å². The Morgan fingerprint density at radius 3 is 2.19 bits per heavy atom. The van der Waals surface area contributed by atoms with Gasteiger partial charge in [0.25, 0.3) is 0 Å². The molecular formula is C17H23ClFNO. The van der Waals surface area contributed by atoms with Crippen molar-refractivity contribution in [2.45, 2.75) is 39.7 Å². The Hall–Kier alpha value is -1.19. The average Bonchev–Trinajstić information content (AvgIpc) is 2.37. The second-order valence-corrected chi connectivity index (χ2v) is 6.41. The molecule has 4 heteroatoms. The number of aliphatic hydroxyl groups is 1. The van der Waals surface area contributed by atoms with E-state index in [0.29, 0.717) is 23.1 Å². The van der Waals surface area contributed by atoms with E-state index >= 15 is 0 Å². The summed E-state index contributed by atoms with van der Waals surface area (Å²) in [5.74, 6) is 0.0469. The summed E-state index contributed by atoms with van der Waals surface area (Å²) in [4.78, 5) is 4.22. The molecule has 0 heterocycles. The molecule has 0 saturated heterocycles. The van der Waals surface area contributed by atoms with Crippen LogP contribution in [0.3, 0.4) is 0 Å². The molecule has 0 aliphatic rings. The predicted octanol–water partition coefficient (Wildman–Crippen LogP) is 4.55. The number of allylic oxidation sites excluding steroid dienone is 1. The van der Waals surface area contributed by atoms with E-state index in [2.05, 4.69) is 18.8 Å². The molecule has 1 aromatic carbocycles. The van der Waals surface area contributed by atoms with Crippen LogP contribution in [0.4, 0.5) is 4.39 Å². The van der Waals surface area contributed by atoms with Crippen molar-refractivity contribution >= 4 is 17.3 Å². The number of benzene rings is 1. The van der Waals surface area contributed by atoms with E-state index in [1.54, 1.807) is 33.0 Å². The first kappa shape index (κ1) is 17.9. The second kappa shape index (κ2) is 7.19. The summed E-state index contributed by atoms with van der Waals surface area (Å²) in [5.41, 5.74) is 1.00. The van der Waals surface area contributed by atoms with Gasteiger partial charge in [0.1, 0.15) is 5.82 Å². The minimum atomic E-state index is -1.03. The van der Waals surface area contributed by atoms with Crippen LogP contribution in [0.1, 0.15) is 39.7 Å². The number of rotatable bonds is 5. The largest absolute Gasteiger partial charge is 0.386 e. The van der Waals surface area contributed by atoms with Crippen LogP contribution in [0, 0.1) is 11.7 Å². The van der Waals surface area contributed by atoms with Crippen LogP contribution in [0.25, 0.3) is 0 Å². The summed E-state index contributed by atoms with van der Waals surface area (Å²) < 4.78 is 13.1. The lowest BCUT2D eigenvalue weighted by molar-refractivity contribution is 0.113. The van der Waals surface area contributed by atoms with Crippen LogP contribution in [-0.4, -0.2) is 23.5 Å².